The summed E-state index contributed by atoms with van der Waals surface area (Å²) < 4.78 is 5.39. The zero-order chi connectivity index (χ0) is 32.8. The van der Waals surface area contributed by atoms with Crippen molar-refractivity contribution in [3.05, 3.63) is 65.7 Å². The average molecular weight is 623 g/mol. The van der Waals surface area contributed by atoms with E-state index in [9.17, 15) is 24.0 Å². The maximum absolute atomic E-state index is 13.7. The number of carboxylic acid groups (broad SMARTS) is 1. The van der Waals surface area contributed by atoms with Crippen LogP contribution in [-0.4, -0.2) is 65.0 Å². The molecule has 5 N–H and O–H groups in total. The Morgan fingerprint density at radius 2 is 1.36 bits per heavy atom. The molecule has 11 nitrogen and oxygen atoms in total. The summed E-state index contributed by atoms with van der Waals surface area (Å²) >= 11 is 0. The highest BCUT2D eigenvalue weighted by Gasteiger charge is 2.50. The van der Waals surface area contributed by atoms with Gasteiger partial charge in [-0.3, -0.25) is 24.5 Å². The maximum atomic E-state index is 13.7. The molecule has 0 radical (unpaired) electrons. The number of carbonyl (C=O) groups excluding carboxylic acids is 4. The van der Waals surface area contributed by atoms with Crippen molar-refractivity contribution in [1.29, 1.82) is 0 Å². The number of ketones is 1. The largest absolute Gasteiger partial charge is 0.465 e. The molecular formula is C34H46N4O7. The third-order valence-corrected chi connectivity index (χ3v) is 7.80. The quantitative estimate of drug-likeness (QED) is 0.116. The van der Waals surface area contributed by atoms with Gasteiger partial charge in [0.2, 0.25) is 17.7 Å². The van der Waals surface area contributed by atoms with Gasteiger partial charge in [0.25, 0.3) is 0 Å². The van der Waals surface area contributed by atoms with Crippen LogP contribution in [-0.2, 0) is 36.8 Å². The molecule has 3 rings (SSSR count). The van der Waals surface area contributed by atoms with Crippen LogP contribution in [0.15, 0.2) is 54.6 Å². The number of hydrogen-bond donors (Lipinski definition) is 5. The van der Waals surface area contributed by atoms with Gasteiger partial charge in [-0.2, -0.15) is 0 Å². The summed E-state index contributed by atoms with van der Waals surface area (Å²) in [4.78, 5) is 64.5. The van der Waals surface area contributed by atoms with Gasteiger partial charge in [0.15, 0.2) is 5.78 Å². The normalized spacial score (nSPS) is 17.3. The first-order valence-corrected chi connectivity index (χ1v) is 15.8. The van der Waals surface area contributed by atoms with Gasteiger partial charge in [-0.1, -0.05) is 82.0 Å². The fourth-order valence-corrected chi connectivity index (χ4v) is 4.99. The second-order valence-electron chi connectivity index (χ2n) is 11.7. The molecule has 2 aromatic rings. The molecule has 244 valence electrons. The second kappa shape index (κ2) is 17.3. The van der Waals surface area contributed by atoms with Crippen molar-refractivity contribution in [3.8, 4) is 0 Å². The molecule has 4 amide bonds. The number of amides is 4. The number of Topliss-reactive ketones (excluding diaryl/α,β-unsaturated/α-hetero) is 1. The summed E-state index contributed by atoms with van der Waals surface area (Å²) in [6, 6.07) is 13.1. The van der Waals surface area contributed by atoms with Crippen molar-refractivity contribution in [3.63, 3.8) is 0 Å². The number of rotatable bonds is 19. The molecule has 0 bridgehead atoms. The van der Waals surface area contributed by atoms with E-state index in [4.69, 9.17) is 9.84 Å². The van der Waals surface area contributed by atoms with E-state index >= 15 is 0 Å². The molecule has 1 saturated heterocycles. The first-order valence-electron chi connectivity index (χ1n) is 15.8. The van der Waals surface area contributed by atoms with E-state index in [-0.39, 0.29) is 37.6 Å². The van der Waals surface area contributed by atoms with Crippen molar-refractivity contribution in [1.82, 2.24) is 16.0 Å². The molecule has 0 unspecified atom stereocenters. The Morgan fingerprint density at radius 3 is 1.96 bits per heavy atom. The van der Waals surface area contributed by atoms with Gasteiger partial charge in [0, 0.05) is 18.5 Å². The van der Waals surface area contributed by atoms with Crippen molar-refractivity contribution < 1.29 is 33.8 Å². The van der Waals surface area contributed by atoms with Gasteiger partial charge in [-0.25, -0.2) is 4.79 Å². The lowest BCUT2D eigenvalue weighted by atomic mass is 9.94. The number of anilines is 1. The summed E-state index contributed by atoms with van der Waals surface area (Å²) in [6.45, 7) is 6.00. The highest BCUT2D eigenvalue weighted by Crippen LogP contribution is 2.29. The molecule has 0 saturated carbocycles. The molecule has 2 aromatic carbocycles. The molecule has 0 aliphatic carbocycles. The van der Waals surface area contributed by atoms with Crippen molar-refractivity contribution >= 4 is 35.3 Å². The van der Waals surface area contributed by atoms with Gasteiger partial charge in [-0.15, -0.1) is 0 Å². The predicted octanol–water partition coefficient (Wildman–Crippen LogP) is 4.14. The third kappa shape index (κ3) is 11.6. The Hall–Kier alpha value is -4.25. The SMILES string of the molecule is CCCCCC(=O)N[C@@H](Cc1ccc(NC(=O)O)cc1)C(=O)N[C@@H](CCCC)C(=O)N[C@@H](Cc1ccccc1)C(=O)[C@@]1(C)CO1. The highest BCUT2D eigenvalue weighted by atomic mass is 16.6. The topological polar surface area (TPSA) is 166 Å². The van der Waals surface area contributed by atoms with Gasteiger partial charge >= 0.3 is 6.09 Å². The molecule has 1 fully saturated rings. The minimum Gasteiger partial charge on any atom is -0.465 e. The fraction of sp³-hybridized carbons (Fsp3) is 0.500. The Kier molecular flexibility index (Phi) is 13.5. The maximum Gasteiger partial charge on any atom is 0.409 e. The summed E-state index contributed by atoms with van der Waals surface area (Å²) in [5.41, 5.74) is 1.00. The molecule has 11 heteroatoms. The van der Waals surface area contributed by atoms with Gasteiger partial charge < -0.3 is 25.8 Å². The Labute approximate surface area is 264 Å². The molecule has 1 heterocycles. The fourth-order valence-electron chi connectivity index (χ4n) is 4.99. The third-order valence-electron chi connectivity index (χ3n) is 7.80. The number of ether oxygens (including phenoxy) is 1. The van der Waals surface area contributed by atoms with Gasteiger partial charge in [0.1, 0.15) is 17.7 Å². The highest BCUT2D eigenvalue weighted by molar-refractivity contribution is 5.98. The second-order valence-corrected chi connectivity index (χ2v) is 11.7. The lowest BCUT2D eigenvalue weighted by molar-refractivity contribution is -0.134. The molecule has 0 aromatic heterocycles. The smallest absolute Gasteiger partial charge is 0.409 e. The lowest BCUT2D eigenvalue weighted by Crippen LogP contribution is -2.57. The minimum absolute atomic E-state index is 0.131. The van der Waals surface area contributed by atoms with Crippen LogP contribution in [0.5, 0.6) is 0 Å². The number of epoxide rings is 1. The molecular weight excluding hydrogens is 576 g/mol. The van der Waals surface area contributed by atoms with E-state index in [1.807, 2.05) is 44.2 Å². The Balaban J connectivity index is 1.78. The summed E-state index contributed by atoms with van der Waals surface area (Å²) in [6.07, 6.45) is 3.79. The standard InChI is InChI=1S/C34H46N4O7/c1-4-6-9-15-29(39)36-28(21-24-16-18-25(19-17-24)35-33(43)44)32(42)37-26(14-7-5-2)31(41)38-27(30(40)34(3)22-45-34)20-23-12-10-8-11-13-23/h8,10-13,16-19,26-28,35H,4-7,9,14-15,20-22H2,1-3H3,(H,36,39)(H,37,42)(H,38,41)(H,43,44)/t26-,27-,28-,34+/m0/s1. The molecule has 0 spiro atoms. The number of nitrogens with one attached hydrogen (secondary N) is 4. The van der Waals surface area contributed by atoms with E-state index in [2.05, 4.69) is 21.3 Å². The monoisotopic (exact) mass is 622 g/mol. The summed E-state index contributed by atoms with van der Waals surface area (Å²) in [7, 11) is 0. The van der Waals surface area contributed by atoms with Crippen molar-refractivity contribution in [2.24, 2.45) is 0 Å². The van der Waals surface area contributed by atoms with Crippen LogP contribution in [0.1, 0.15) is 76.8 Å². The van der Waals surface area contributed by atoms with Crippen LogP contribution in [0.3, 0.4) is 0 Å². The molecule has 45 heavy (non-hydrogen) atoms. The van der Waals surface area contributed by atoms with Crippen molar-refractivity contribution in [2.75, 3.05) is 11.9 Å². The van der Waals surface area contributed by atoms with Crippen LogP contribution in [0.2, 0.25) is 0 Å². The van der Waals surface area contributed by atoms with E-state index in [0.717, 1.165) is 24.8 Å². The van der Waals surface area contributed by atoms with Crippen LogP contribution in [0.25, 0.3) is 0 Å². The van der Waals surface area contributed by atoms with Gasteiger partial charge in [-0.05, 0) is 49.4 Å². The van der Waals surface area contributed by atoms with Crippen molar-refractivity contribution in [2.45, 2.75) is 102 Å². The van der Waals surface area contributed by atoms with Crippen LogP contribution >= 0.6 is 0 Å². The molecule has 1 aliphatic heterocycles. The van der Waals surface area contributed by atoms with Crippen LogP contribution in [0, 0.1) is 0 Å². The minimum atomic E-state index is -1.19. The lowest BCUT2D eigenvalue weighted by Gasteiger charge is -2.26. The predicted molar refractivity (Wildman–Crippen MR) is 171 cm³/mol. The summed E-state index contributed by atoms with van der Waals surface area (Å²) in [5.74, 6) is -1.49. The first-order chi connectivity index (χ1) is 21.5. The number of benzene rings is 2. The number of unbranched alkanes of at least 4 members (excludes halogenated alkanes) is 3. The zero-order valence-corrected chi connectivity index (χ0v) is 26.4. The van der Waals surface area contributed by atoms with E-state index in [1.54, 1.807) is 31.2 Å². The summed E-state index contributed by atoms with van der Waals surface area (Å²) in [5, 5.41) is 19.8. The average Bonchev–Trinajstić information content (AvgIpc) is 3.77. The van der Waals surface area contributed by atoms with Gasteiger partial charge in [0.05, 0.1) is 12.6 Å². The number of hydrogen-bond acceptors (Lipinski definition) is 6. The van der Waals surface area contributed by atoms with E-state index in [1.165, 1.54) is 0 Å². The first kappa shape index (κ1) is 35.2. The van der Waals surface area contributed by atoms with E-state index in [0.29, 0.717) is 30.5 Å². The molecule has 4 atom stereocenters. The van der Waals surface area contributed by atoms with Crippen LogP contribution in [0.4, 0.5) is 10.5 Å². The number of carbonyl (C=O) groups is 5. The zero-order valence-electron chi connectivity index (χ0n) is 26.4. The Bertz CT molecular complexity index is 1300. The van der Waals surface area contributed by atoms with E-state index < -0.39 is 41.6 Å². The Morgan fingerprint density at radius 1 is 0.778 bits per heavy atom. The molecule has 1 aliphatic rings. The van der Waals surface area contributed by atoms with Crippen LogP contribution < -0.4 is 21.3 Å².